The summed E-state index contributed by atoms with van der Waals surface area (Å²) < 4.78 is 5.20. The Hall–Kier alpha value is -1.92. The zero-order valence-electron chi connectivity index (χ0n) is 14.5. The number of aryl methyl sites for hydroxylation is 1. The quantitative estimate of drug-likeness (QED) is 0.842. The van der Waals surface area contributed by atoms with Gasteiger partial charge in [-0.2, -0.15) is 4.98 Å². The Morgan fingerprint density at radius 3 is 2.67 bits per heavy atom. The minimum absolute atomic E-state index is 0.0291. The van der Waals surface area contributed by atoms with Gasteiger partial charge in [-0.1, -0.05) is 12.1 Å². The lowest BCUT2D eigenvalue weighted by molar-refractivity contribution is -0.137. The summed E-state index contributed by atoms with van der Waals surface area (Å²) in [4.78, 5) is 32.8. The molecule has 24 heavy (non-hydrogen) atoms. The highest BCUT2D eigenvalue weighted by atomic mass is 16.5. The molecule has 7 nitrogen and oxygen atoms in total. The maximum Gasteiger partial charge on any atom is 0.226 e. The van der Waals surface area contributed by atoms with Crippen molar-refractivity contribution in [1.82, 2.24) is 19.9 Å². The zero-order valence-corrected chi connectivity index (χ0v) is 14.5. The molecule has 0 saturated carbocycles. The number of hydrogen-bond acceptors (Lipinski definition) is 5. The van der Waals surface area contributed by atoms with Gasteiger partial charge in [0.15, 0.2) is 5.82 Å². The summed E-state index contributed by atoms with van der Waals surface area (Å²) >= 11 is 0. The molecule has 0 aromatic carbocycles. The van der Waals surface area contributed by atoms with Crippen molar-refractivity contribution in [1.29, 1.82) is 0 Å². The van der Waals surface area contributed by atoms with Gasteiger partial charge >= 0.3 is 0 Å². The van der Waals surface area contributed by atoms with E-state index in [0.29, 0.717) is 24.6 Å². The van der Waals surface area contributed by atoms with E-state index in [-0.39, 0.29) is 23.9 Å². The Morgan fingerprint density at radius 1 is 1.17 bits per heavy atom. The highest BCUT2D eigenvalue weighted by Gasteiger charge is 2.35. The molecule has 0 unspecified atom stereocenters. The van der Waals surface area contributed by atoms with Gasteiger partial charge in [-0.3, -0.25) is 9.59 Å². The molecule has 2 aliphatic heterocycles. The zero-order chi connectivity index (χ0) is 17.1. The van der Waals surface area contributed by atoms with Crippen LogP contribution in [-0.4, -0.2) is 50.9 Å². The van der Waals surface area contributed by atoms with Crippen LogP contribution < -0.4 is 0 Å². The molecule has 3 rings (SSSR count). The van der Waals surface area contributed by atoms with Gasteiger partial charge in [0.2, 0.25) is 17.7 Å². The smallest absolute Gasteiger partial charge is 0.226 e. The number of carbonyl (C=O) groups excluding carboxylic acids is 2. The van der Waals surface area contributed by atoms with Crippen LogP contribution in [0.1, 0.15) is 70.1 Å². The molecule has 3 heterocycles. The van der Waals surface area contributed by atoms with Crippen molar-refractivity contribution in [2.24, 2.45) is 0 Å². The second-order valence-electron chi connectivity index (χ2n) is 6.71. The molecular formula is C17H26N4O3. The monoisotopic (exact) mass is 334 g/mol. The summed E-state index contributed by atoms with van der Waals surface area (Å²) in [6, 6.07) is -0.0580. The molecule has 0 spiro atoms. The van der Waals surface area contributed by atoms with E-state index in [9.17, 15) is 9.59 Å². The standard InChI is InChI=1S/C17H26N4O3/c1-3-15-18-17(19-24-15)14-8-6-10-21(14)16(23)11-13-7-4-5-9-20(13)12(2)22/h13-14H,3-11H2,1-2H3/t13-,14+/m0/s1. The fourth-order valence-electron chi connectivity index (χ4n) is 3.83. The molecule has 0 aliphatic carbocycles. The largest absolute Gasteiger partial charge is 0.339 e. The SMILES string of the molecule is CCc1nc([C@H]2CCCN2C(=O)C[C@@H]2CCCCN2C(C)=O)no1. The fourth-order valence-corrected chi connectivity index (χ4v) is 3.83. The van der Waals surface area contributed by atoms with E-state index in [1.807, 2.05) is 16.7 Å². The topological polar surface area (TPSA) is 79.5 Å². The normalized spacial score (nSPS) is 24.4. The van der Waals surface area contributed by atoms with Gasteiger partial charge < -0.3 is 14.3 Å². The third kappa shape index (κ3) is 3.44. The average Bonchev–Trinajstić information content (AvgIpc) is 3.23. The molecule has 2 fully saturated rings. The Morgan fingerprint density at radius 2 is 1.96 bits per heavy atom. The first kappa shape index (κ1) is 16.9. The number of piperidine rings is 1. The average molecular weight is 334 g/mol. The van der Waals surface area contributed by atoms with Crippen LogP contribution in [0.4, 0.5) is 0 Å². The van der Waals surface area contributed by atoms with Crippen molar-refractivity contribution < 1.29 is 14.1 Å². The number of likely N-dealkylation sites (tertiary alicyclic amines) is 2. The van der Waals surface area contributed by atoms with Crippen molar-refractivity contribution in [3.05, 3.63) is 11.7 Å². The third-order valence-electron chi connectivity index (χ3n) is 5.10. The summed E-state index contributed by atoms with van der Waals surface area (Å²) in [6.07, 6.45) is 5.93. The van der Waals surface area contributed by atoms with Crippen LogP contribution >= 0.6 is 0 Å². The van der Waals surface area contributed by atoms with E-state index in [1.54, 1.807) is 6.92 Å². The Labute approximate surface area is 142 Å². The van der Waals surface area contributed by atoms with E-state index >= 15 is 0 Å². The van der Waals surface area contributed by atoms with Crippen LogP contribution in [0.15, 0.2) is 4.52 Å². The predicted molar refractivity (Wildman–Crippen MR) is 87.0 cm³/mol. The summed E-state index contributed by atoms with van der Waals surface area (Å²) in [5.74, 6) is 1.39. The number of carbonyl (C=O) groups is 2. The fraction of sp³-hybridized carbons (Fsp3) is 0.765. The molecule has 1 aromatic heterocycles. The number of hydrogen-bond donors (Lipinski definition) is 0. The number of aromatic nitrogens is 2. The molecule has 2 aliphatic rings. The van der Waals surface area contributed by atoms with Crippen LogP contribution in [0.25, 0.3) is 0 Å². The second-order valence-corrected chi connectivity index (χ2v) is 6.71. The first-order valence-electron chi connectivity index (χ1n) is 8.99. The van der Waals surface area contributed by atoms with Gasteiger partial charge in [0.25, 0.3) is 0 Å². The molecule has 2 amide bonds. The van der Waals surface area contributed by atoms with E-state index < -0.39 is 0 Å². The number of amides is 2. The van der Waals surface area contributed by atoms with Gasteiger partial charge in [-0.15, -0.1) is 0 Å². The molecule has 132 valence electrons. The van der Waals surface area contributed by atoms with E-state index in [2.05, 4.69) is 10.1 Å². The van der Waals surface area contributed by atoms with Crippen molar-refractivity contribution in [2.75, 3.05) is 13.1 Å². The van der Waals surface area contributed by atoms with E-state index in [4.69, 9.17) is 4.52 Å². The highest BCUT2D eigenvalue weighted by Crippen LogP contribution is 2.32. The first-order valence-corrected chi connectivity index (χ1v) is 8.99. The van der Waals surface area contributed by atoms with Gasteiger partial charge in [0.05, 0.1) is 6.04 Å². The molecule has 0 N–H and O–H groups in total. The van der Waals surface area contributed by atoms with Gasteiger partial charge in [-0.25, -0.2) is 0 Å². The van der Waals surface area contributed by atoms with Crippen molar-refractivity contribution >= 4 is 11.8 Å². The van der Waals surface area contributed by atoms with Gasteiger partial charge in [0.1, 0.15) is 0 Å². The minimum atomic E-state index is -0.0871. The van der Waals surface area contributed by atoms with Crippen LogP contribution in [-0.2, 0) is 16.0 Å². The molecule has 0 radical (unpaired) electrons. The van der Waals surface area contributed by atoms with Crippen molar-refractivity contribution in [3.8, 4) is 0 Å². The third-order valence-corrected chi connectivity index (χ3v) is 5.10. The minimum Gasteiger partial charge on any atom is -0.339 e. The van der Waals surface area contributed by atoms with Gasteiger partial charge in [-0.05, 0) is 32.1 Å². The molecule has 1 aromatic rings. The molecular weight excluding hydrogens is 308 g/mol. The molecule has 0 bridgehead atoms. The summed E-state index contributed by atoms with van der Waals surface area (Å²) in [7, 11) is 0. The maximum absolute atomic E-state index is 12.8. The van der Waals surface area contributed by atoms with Crippen LogP contribution in [0.5, 0.6) is 0 Å². The van der Waals surface area contributed by atoms with Crippen LogP contribution in [0, 0.1) is 0 Å². The summed E-state index contributed by atoms with van der Waals surface area (Å²) in [6.45, 7) is 5.05. The lowest BCUT2D eigenvalue weighted by Gasteiger charge is -2.36. The summed E-state index contributed by atoms with van der Waals surface area (Å²) in [5, 5.41) is 4.05. The maximum atomic E-state index is 12.8. The highest BCUT2D eigenvalue weighted by molar-refractivity contribution is 5.79. The van der Waals surface area contributed by atoms with Crippen molar-refractivity contribution in [3.63, 3.8) is 0 Å². The van der Waals surface area contributed by atoms with Crippen molar-refractivity contribution in [2.45, 2.75) is 70.9 Å². The Bertz CT molecular complexity index is 600. The number of rotatable bonds is 4. The van der Waals surface area contributed by atoms with Crippen LogP contribution in [0.3, 0.4) is 0 Å². The van der Waals surface area contributed by atoms with E-state index in [1.165, 1.54) is 0 Å². The van der Waals surface area contributed by atoms with E-state index in [0.717, 1.165) is 45.2 Å². The molecule has 2 saturated heterocycles. The molecule has 2 atom stereocenters. The lowest BCUT2D eigenvalue weighted by atomic mass is 9.98. The number of nitrogens with zero attached hydrogens (tertiary/aromatic N) is 4. The van der Waals surface area contributed by atoms with Gasteiger partial charge in [0, 0.05) is 38.9 Å². The Kier molecular flexibility index (Phi) is 5.16. The first-order chi connectivity index (χ1) is 11.6. The predicted octanol–water partition coefficient (Wildman–Crippen LogP) is 2.09. The van der Waals surface area contributed by atoms with Crippen LogP contribution in [0.2, 0.25) is 0 Å². The second kappa shape index (κ2) is 7.32. The molecule has 7 heteroatoms. The Balaban J connectivity index is 1.68. The lowest BCUT2D eigenvalue weighted by Crippen LogP contribution is -2.45. The summed E-state index contributed by atoms with van der Waals surface area (Å²) in [5.41, 5.74) is 0.